The Hall–Kier alpha value is -2.55. The van der Waals surface area contributed by atoms with Crippen LogP contribution in [0.15, 0.2) is 54.2 Å². The van der Waals surface area contributed by atoms with Gasteiger partial charge in [-0.1, -0.05) is 31.2 Å². The van der Waals surface area contributed by atoms with E-state index >= 15 is 0 Å². The minimum absolute atomic E-state index is 0.116. The second-order valence-corrected chi connectivity index (χ2v) is 6.01. The molecule has 0 N–H and O–H groups in total. The van der Waals surface area contributed by atoms with Crippen LogP contribution in [0.5, 0.6) is 0 Å². The zero-order valence-electron chi connectivity index (χ0n) is 13.9. The fourth-order valence-corrected chi connectivity index (χ4v) is 2.93. The van der Waals surface area contributed by atoms with E-state index in [0.29, 0.717) is 0 Å². The van der Waals surface area contributed by atoms with Crippen molar-refractivity contribution >= 4 is 23.2 Å². The molecule has 3 nitrogen and oxygen atoms in total. The van der Waals surface area contributed by atoms with E-state index in [0.717, 1.165) is 41.2 Å². The monoisotopic (exact) mass is 306 g/mol. The van der Waals surface area contributed by atoms with Gasteiger partial charge in [-0.05, 0) is 42.3 Å². The van der Waals surface area contributed by atoms with Crippen LogP contribution in [0.3, 0.4) is 0 Å². The van der Waals surface area contributed by atoms with E-state index in [1.165, 1.54) is 0 Å². The first kappa shape index (κ1) is 15.3. The summed E-state index contributed by atoms with van der Waals surface area (Å²) < 4.78 is 0. The van der Waals surface area contributed by atoms with Crippen LogP contribution in [0.4, 0.5) is 11.4 Å². The molecule has 3 heteroatoms. The summed E-state index contributed by atoms with van der Waals surface area (Å²) >= 11 is 0. The van der Waals surface area contributed by atoms with Gasteiger partial charge in [0.05, 0.1) is 11.4 Å². The number of hydrogen-bond acceptors (Lipinski definition) is 3. The number of allylic oxidation sites excluding steroid dienone is 1. The van der Waals surface area contributed by atoms with Crippen LogP contribution in [0.2, 0.25) is 0 Å². The molecule has 0 aliphatic carbocycles. The summed E-state index contributed by atoms with van der Waals surface area (Å²) in [4.78, 5) is 16.9. The molecule has 1 aliphatic heterocycles. The fraction of sp³-hybridized carbons (Fsp3) is 0.250. The van der Waals surface area contributed by atoms with E-state index in [-0.39, 0.29) is 5.78 Å². The number of para-hydroxylation sites is 1. The van der Waals surface area contributed by atoms with Gasteiger partial charge >= 0.3 is 0 Å². The van der Waals surface area contributed by atoms with Crippen LogP contribution in [0, 0.1) is 0 Å². The zero-order chi connectivity index (χ0) is 16.4. The molecule has 118 valence electrons. The molecule has 0 fully saturated rings. The molecule has 3 rings (SSSR count). The predicted octanol–water partition coefficient (Wildman–Crippen LogP) is 4.21. The number of ketones is 1. The van der Waals surface area contributed by atoms with E-state index in [4.69, 9.17) is 0 Å². The predicted molar refractivity (Wildman–Crippen MR) is 97.2 cm³/mol. The van der Waals surface area contributed by atoms with Crippen molar-refractivity contribution in [3.8, 4) is 0 Å². The molecule has 0 amide bonds. The first-order valence-electron chi connectivity index (χ1n) is 8.02. The fourth-order valence-electron chi connectivity index (χ4n) is 2.93. The van der Waals surface area contributed by atoms with Crippen LogP contribution in [-0.2, 0) is 0 Å². The lowest BCUT2D eigenvalue weighted by molar-refractivity contribution is 0.104. The van der Waals surface area contributed by atoms with E-state index in [1.807, 2.05) is 44.4 Å². The Morgan fingerprint density at radius 1 is 1.04 bits per heavy atom. The SMILES string of the molecule is CCCN1/C(=C/c2ccc(N(C)C)cc2)C(=O)c2ccccc21. The maximum Gasteiger partial charge on any atom is 0.211 e. The summed E-state index contributed by atoms with van der Waals surface area (Å²) in [5, 5.41) is 0. The Labute approximate surface area is 137 Å². The van der Waals surface area contributed by atoms with E-state index in [2.05, 4.69) is 41.0 Å². The summed E-state index contributed by atoms with van der Waals surface area (Å²) in [6.45, 7) is 2.99. The normalized spacial score (nSPS) is 15.2. The maximum atomic E-state index is 12.7. The largest absolute Gasteiger partial charge is 0.378 e. The quantitative estimate of drug-likeness (QED) is 0.791. The van der Waals surface area contributed by atoms with Gasteiger partial charge < -0.3 is 9.80 Å². The van der Waals surface area contributed by atoms with Crippen molar-refractivity contribution in [1.82, 2.24) is 0 Å². The highest BCUT2D eigenvalue weighted by atomic mass is 16.1. The Balaban J connectivity index is 1.99. The number of carbonyl (C=O) groups is 1. The molecular weight excluding hydrogens is 284 g/mol. The molecular formula is C20H22N2O. The van der Waals surface area contributed by atoms with E-state index < -0.39 is 0 Å². The van der Waals surface area contributed by atoms with Crippen molar-refractivity contribution in [2.45, 2.75) is 13.3 Å². The molecule has 23 heavy (non-hydrogen) atoms. The van der Waals surface area contributed by atoms with Crippen molar-refractivity contribution in [1.29, 1.82) is 0 Å². The molecule has 2 aromatic rings. The molecule has 0 atom stereocenters. The smallest absolute Gasteiger partial charge is 0.211 e. The second kappa shape index (κ2) is 6.29. The number of carbonyl (C=O) groups excluding carboxylic acids is 1. The second-order valence-electron chi connectivity index (χ2n) is 6.01. The lowest BCUT2D eigenvalue weighted by atomic mass is 10.1. The van der Waals surface area contributed by atoms with Crippen molar-refractivity contribution in [2.24, 2.45) is 0 Å². The van der Waals surface area contributed by atoms with Crippen LogP contribution >= 0.6 is 0 Å². The van der Waals surface area contributed by atoms with Crippen LogP contribution < -0.4 is 9.80 Å². The van der Waals surface area contributed by atoms with Crippen LogP contribution in [0.25, 0.3) is 6.08 Å². The summed E-state index contributed by atoms with van der Waals surface area (Å²) in [6, 6.07) is 16.1. The van der Waals surface area contributed by atoms with Gasteiger partial charge in [0.1, 0.15) is 0 Å². The number of rotatable bonds is 4. The maximum absolute atomic E-state index is 12.7. The average Bonchev–Trinajstić information content (AvgIpc) is 2.82. The van der Waals surface area contributed by atoms with Gasteiger partial charge in [0.2, 0.25) is 5.78 Å². The summed E-state index contributed by atoms with van der Waals surface area (Å²) in [7, 11) is 4.04. The van der Waals surface area contributed by atoms with Gasteiger partial charge in [-0.2, -0.15) is 0 Å². The zero-order valence-corrected chi connectivity index (χ0v) is 13.9. The lowest BCUT2D eigenvalue weighted by Crippen LogP contribution is -2.21. The lowest BCUT2D eigenvalue weighted by Gasteiger charge is -2.19. The summed E-state index contributed by atoms with van der Waals surface area (Å²) in [5.41, 5.74) is 4.80. The third-order valence-corrected chi connectivity index (χ3v) is 4.12. The number of Topliss-reactive ketones (excluding diaryl/α,β-unsaturated/α-hetero) is 1. The first-order valence-corrected chi connectivity index (χ1v) is 8.02. The minimum atomic E-state index is 0.116. The van der Waals surface area contributed by atoms with Gasteiger partial charge in [0, 0.05) is 31.9 Å². The van der Waals surface area contributed by atoms with Gasteiger partial charge in [-0.3, -0.25) is 4.79 Å². The van der Waals surface area contributed by atoms with Gasteiger partial charge in [-0.15, -0.1) is 0 Å². The van der Waals surface area contributed by atoms with E-state index in [9.17, 15) is 4.79 Å². The highest BCUT2D eigenvalue weighted by Crippen LogP contribution is 2.35. The average molecular weight is 306 g/mol. The van der Waals surface area contributed by atoms with Crippen molar-refractivity contribution in [2.75, 3.05) is 30.4 Å². The van der Waals surface area contributed by atoms with E-state index in [1.54, 1.807) is 0 Å². The Morgan fingerprint density at radius 2 is 1.74 bits per heavy atom. The molecule has 0 saturated heterocycles. The minimum Gasteiger partial charge on any atom is -0.378 e. The number of benzene rings is 2. The number of nitrogens with zero attached hydrogens (tertiary/aromatic N) is 2. The third kappa shape index (κ3) is 2.87. The third-order valence-electron chi connectivity index (χ3n) is 4.12. The highest BCUT2D eigenvalue weighted by Gasteiger charge is 2.30. The number of fused-ring (bicyclic) bond motifs is 1. The van der Waals surface area contributed by atoms with Gasteiger partial charge in [0.25, 0.3) is 0 Å². The van der Waals surface area contributed by atoms with Crippen molar-refractivity contribution in [3.63, 3.8) is 0 Å². The van der Waals surface area contributed by atoms with Gasteiger partial charge in [-0.25, -0.2) is 0 Å². The van der Waals surface area contributed by atoms with Crippen molar-refractivity contribution in [3.05, 3.63) is 65.4 Å². The molecule has 0 aromatic heterocycles. The van der Waals surface area contributed by atoms with Crippen LogP contribution in [-0.4, -0.2) is 26.4 Å². The first-order chi connectivity index (χ1) is 11.1. The number of anilines is 2. The van der Waals surface area contributed by atoms with Crippen LogP contribution in [0.1, 0.15) is 29.3 Å². The molecule has 2 aromatic carbocycles. The molecule has 1 aliphatic rings. The topological polar surface area (TPSA) is 23.6 Å². The molecule has 0 spiro atoms. The van der Waals surface area contributed by atoms with Crippen molar-refractivity contribution < 1.29 is 4.79 Å². The summed E-state index contributed by atoms with van der Waals surface area (Å²) in [6.07, 6.45) is 3.00. The molecule has 0 bridgehead atoms. The van der Waals surface area contributed by atoms with Gasteiger partial charge in [0.15, 0.2) is 0 Å². The standard InChI is InChI=1S/C20H22N2O/c1-4-13-22-18-8-6-5-7-17(18)20(23)19(22)14-15-9-11-16(12-10-15)21(2)3/h5-12,14H,4,13H2,1-3H3/b19-14+. The Kier molecular flexibility index (Phi) is 4.20. The molecule has 0 radical (unpaired) electrons. The molecule has 0 unspecified atom stereocenters. The Morgan fingerprint density at radius 3 is 2.39 bits per heavy atom. The highest BCUT2D eigenvalue weighted by molar-refractivity contribution is 6.21. The molecule has 0 saturated carbocycles. The Bertz CT molecular complexity index is 744. The summed E-state index contributed by atoms with van der Waals surface area (Å²) in [5.74, 6) is 0.116. The number of hydrogen-bond donors (Lipinski definition) is 0. The molecule has 1 heterocycles.